The van der Waals surface area contributed by atoms with E-state index in [2.05, 4.69) is 5.32 Å². The molecule has 138 valence electrons. The van der Waals surface area contributed by atoms with E-state index in [9.17, 15) is 14.4 Å². The summed E-state index contributed by atoms with van der Waals surface area (Å²) in [5, 5.41) is 3.50. The number of amides is 2. The van der Waals surface area contributed by atoms with Crippen molar-refractivity contribution in [3.05, 3.63) is 63.6 Å². The largest absolute Gasteiger partial charge is 0.433 e. The molecule has 0 aromatic heterocycles. The molecule has 4 rings (SSSR count). The van der Waals surface area contributed by atoms with Crippen molar-refractivity contribution in [2.45, 2.75) is 25.1 Å². The third-order valence-electron chi connectivity index (χ3n) is 4.61. The Hall–Kier alpha value is -2.57. The van der Waals surface area contributed by atoms with E-state index in [-0.39, 0.29) is 18.2 Å². The van der Waals surface area contributed by atoms with Gasteiger partial charge in [0.15, 0.2) is 0 Å². The number of nitrogens with one attached hydrogen (secondary N) is 1. The molecule has 0 bridgehead atoms. The molecule has 2 heterocycles. The summed E-state index contributed by atoms with van der Waals surface area (Å²) in [6, 6.07) is 10.8. The predicted molar refractivity (Wildman–Crippen MR) is 99.6 cm³/mol. The molecule has 1 N–H and O–H groups in total. The quantitative estimate of drug-likeness (QED) is 0.789. The Morgan fingerprint density at radius 2 is 1.81 bits per heavy atom. The first-order chi connectivity index (χ1) is 12.9. The minimum absolute atomic E-state index is 0.199. The number of carbonyl (C=O) groups is 3. The molecule has 8 heteroatoms. The molecule has 2 aromatic carbocycles. The summed E-state index contributed by atoms with van der Waals surface area (Å²) >= 11 is 11.9. The van der Waals surface area contributed by atoms with E-state index in [4.69, 9.17) is 27.9 Å². The predicted octanol–water partition coefficient (Wildman–Crippen LogP) is 3.79. The second-order valence-corrected chi connectivity index (χ2v) is 7.22. The molecule has 0 radical (unpaired) electrons. The molecule has 1 fully saturated rings. The van der Waals surface area contributed by atoms with Crippen LogP contribution in [0.1, 0.15) is 35.0 Å². The number of likely N-dealkylation sites (tertiary alicyclic amines) is 1. The average Bonchev–Trinajstić information content (AvgIpc) is 3.14. The van der Waals surface area contributed by atoms with E-state index in [1.54, 1.807) is 42.5 Å². The van der Waals surface area contributed by atoms with Gasteiger partial charge in [0, 0.05) is 27.7 Å². The van der Waals surface area contributed by atoms with Crippen molar-refractivity contribution >= 4 is 46.7 Å². The van der Waals surface area contributed by atoms with Gasteiger partial charge in [-0.3, -0.25) is 14.5 Å². The first kappa shape index (κ1) is 17.8. The fraction of sp³-hybridized carbons (Fsp3) is 0.211. The Labute approximate surface area is 165 Å². The highest BCUT2D eigenvalue weighted by molar-refractivity contribution is 6.35. The van der Waals surface area contributed by atoms with E-state index >= 15 is 0 Å². The van der Waals surface area contributed by atoms with E-state index in [1.807, 2.05) is 0 Å². The zero-order valence-corrected chi connectivity index (χ0v) is 15.5. The topological polar surface area (TPSA) is 75.7 Å². The maximum atomic E-state index is 12.8. The number of carbonyl (C=O) groups excluding carboxylic acids is 3. The lowest BCUT2D eigenvalue weighted by Crippen LogP contribution is -2.43. The molecule has 1 saturated heterocycles. The number of fused-ring (bicyclic) bond motifs is 1. The van der Waals surface area contributed by atoms with E-state index in [1.165, 1.54) is 4.90 Å². The molecule has 2 aromatic rings. The lowest BCUT2D eigenvalue weighted by Gasteiger charge is -2.29. The zero-order chi connectivity index (χ0) is 19.1. The van der Waals surface area contributed by atoms with Crippen LogP contribution in [0.4, 0.5) is 5.69 Å². The van der Waals surface area contributed by atoms with Crippen LogP contribution in [-0.4, -0.2) is 28.7 Å². The molecule has 0 spiro atoms. The van der Waals surface area contributed by atoms with Crippen LogP contribution >= 0.6 is 23.2 Å². The molecular weight excluding hydrogens is 391 g/mol. The van der Waals surface area contributed by atoms with Crippen LogP contribution < -0.4 is 5.32 Å². The van der Waals surface area contributed by atoms with Crippen LogP contribution in [0, 0.1) is 0 Å². The number of anilines is 1. The minimum Gasteiger partial charge on any atom is -0.433 e. The third-order valence-corrected chi connectivity index (χ3v) is 5.04. The van der Waals surface area contributed by atoms with Gasteiger partial charge in [-0.25, -0.2) is 4.79 Å². The van der Waals surface area contributed by atoms with Gasteiger partial charge in [-0.2, -0.15) is 0 Å². The zero-order valence-electron chi connectivity index (χ0n) is 13.9. The summed E-state index contributed by atoms with van der Waals surface area (Å²) in [4.78, 5) is 38.7. The van der Waals surface area contributed by atoms with Gasteiger partial charge in [0.2, 0.25) is 18.0 Å². The molecule has 2 amide bonds. The first-order valence-corrected chi connectivity index (χ1v) is 9.07. The summed E-state index contributed by atoms with van der Waals surface area (Å²) in [5.74, 6) is -1.13. The van der Waals surface area contributed by atoms with Gasteiger partial charge in [0.25, 0.3) is 0 Å². The van der Waals surface area contributed by atoms with Gasteiger partial charge >= 0.3 is 5.97 Å². The molecular formula is C19H14Cl2N2O4. The smallest absolute Gasteiger partial charge is 0.340 e. The van der Waals surface area contributed by atoms with E-state index in [0.717, 1.165) is 0 Å². The van der Waals surface area contributed by atoms with Crippen molar-refractivity contribution in [3.8, 4) is 0 Å². The van der Waals surface area contributed by atoms with Gasteiger partial charge in [-0.05, 0) is 30.7 Å². The summed E-state index contributed by atoms with van der Waals surface area (Å²) < 4.78 is 5.40. The van der Waals surface area contributed by atoms with Crippen molar-refractivity contribution in [2.24, 2.45) is 0 Å². The summed E-state index contributed by atoms with van der Waals surface area (Å²) in [6.07, 6.45) is -0.373. The maximum Gasteiger partial charge on any atom is 0.340 e. The molecule has 2 aliphatic heterocycles. The number of hydrogen-bond donors (Lipinski definition) is 1. The van der Waals surface area contributed by atoms with Crippen molar-refractivity contribution in [3.63, 3.8) is 0 Å². The number of rotatable bonds is 3. The Kier molecular flexibility index (Phi) is 4.53. The summed E-state index contributed by atoms with van der Waals surface area (Å²) in [7, 11) is 0. The standard InChI is InChI=1S/C19H14Cl2N2O4/c20-10-7-11(21)9-12(8-10)22-17(25)15-5-6-16(24)23(15)18-13-3-1-2-4-14(13)19(26)27-18/h1-4,7-9,15,18H,5-6H2,(H,22,25)/t15-,18-/m0/s1. The number of halogens is 2. The van der Waals surface area contributed by atoms with Crippen molar-refractivity contribution in [1.82, 2.24) is 4.90 Å². The monoisotopic (exact) mass is 404 g/mol. The van der Waals surface area contributed by atoms with Crippen LogP contribution in [0.2, 0.25) is 10.0 Å². The molecule has 0 saturated carbocycles. The molecule has 2 atom stereocenters. The average molecular weight is 405 g/mol. The van der Waals surface area contributed by atoms with E-state index in [0.29, 0.717) is 33.3 Å². The normalized spacial score (nSPS) is 21.2. The Balaban J connectivity index is 1.60. The van der Waals surface area contributed by atoms with Gasteiger partial charge in [-0.1, -0.05) is 41.4 Å². The lowest BCUT2D eigenvalue weighted by molar-refractivity contribution is -0.144. The van der Waals surface area contributed by atoms with Crippen molar-refractivity contribution in [1.29, 1.82) is 0 Å². The summed E-state index contributed by atoms with van der Waals surface area (Å²) in [6.45, 7) is 0. The highest BCUT2D eigenvalue weighted by Crippen LogP contribution is 2.38. The van der Waals surface area contributed by atoms with Crippen LogP contribution in [0.3, 0.4) is 0 Å². The van der Waals surface area contributed by atoms with Crippen LogP contribution in [0.15, 0.2) is 42.5 Å². The molecule has 0 aliphatic carbocycles. The van der Waals surface area contributed by atoms with Crippen LogP contribution in [0.25, 0.3) is 0 Å². The fourth-order valence-electron chi connectivity index (χ4n) is 3.44. The number of nitrogens with zero attached hydrogens (tertiary/aromatic N) is 1. The third kappa shape index (κ3) is 3.26. The van der Waals surface area contributed by atoms with Crippen LogP contribution in [0.5, 0.6) is 0 Å². The van der Waals surface area contributed by atoms with Gasteiger partial charge in [0.05, 0.1) is 5.56 Å². The van der Waals surface area contributed by atoms with E-state index < -0.39 is 18.2 Å². The highest BCUT2D eigenvalue weighted by atomic mass is 35.5. The second kappa shape index (κ2) is 6.87. The highest BCUT2D eigenvalue weighted by Gasteiger charge is 2.46. The van der Waals surface area contributed by atoms with Gasteiger partial charge in [0.1, 0.15) is 6.04 Å². The lowest BCUT2D eigenvalue weighted by atomic mass is 10.1. The first-order valence-electron chi connectivity index (χ1n) is 8.32. The Morgan fingerprint density at radius 3 is 2.56 bits per heavy atom. The summed E-state index contributed by atoms with van der Waals surface area (Å²) in [5.41, 5.74) is 1.42. The second-order valence-electron chi connectivity index (χ2n) is 6.35. The minimum atomic E-state index is -0.901. The molecule has 2 aliphatic rings. The molecule has 0 unspecified atom stereocenters. The molecule has 27 heavy (non-hydrogen) atoms. The Bertz CT molecular complexity index is 942. The van der Waals surface area contributed by atoms with Gasteiger partial charge < -0.3 is 10.1 Å². The SMILES string of the molecule is O=C1O[C@H](N2C(=O)CC[C@H]2C(=O)Nc2cc(Cl)cc(Cl)c2)c2ccccc21. The maximum absolute atomic E-state index is 12.8. The number of cyclic esters (lactones) is 1. The number of benzene rings is 2. The van der Waals surface area contributed by atoms with Crippen molar-refractivity contribution in [2.75, 3.05) is 5.32 Å². The fourth-order valence-corrected chi connectivity index (χ4v) is 3.96. The van der Waals surface area contributed by atoms with Gasteiger partial charge in [-0.15, -0.1) is 0 Å². The van der Waals surface area contributed by atoms with Crippen LogP contribution in [-0.2, 0) is 14.3 Å². The Morgan fingerprint density at radius 1 is 1.11 bits per heavy atom. The number of hydrogen-bond acceptors (Lipinski definition) is 4. The number of ether oxygens (including phenoxy) is 1. The number of esters is 1. The van der Waals surface area contributed by atoms with Crippen molar-refractivity contribution < 1.29 is 19.1 Å². The molecule has 6 nitrogen and oxygen atoms in total.